The van der Waals surface area contributed by atoms with Gasteiger partial charge in [-0.05, 0) is 0 Å². The molecule has 0 aromatic rings. The molecule has 0 saturated carbocycles. The van der Waals surface area contributed by atoms with Crippen LogP contribution in [0.25, 0.3) is 0 Å². The van der Waals surface area contributed by atoms with Crippen LogP contribution in [-0.4, -0.2) is 22.4 Å². The smallest absolute Gasteiger partial charge is 0.163 e. The molecular weight excluding hydrogens is 173 g/mol. The lowest BCUT2D eigenvalue weighted by molar-refractivity contribution is 0.844. The van der Waals surface area contributed by atoms with E-state index in [-0.39, 0.29) is 11.8 Å². The van der Waals surface area contributed by atoms with Gasteiger partial charge in [0.1, 0.15) is 5.17 Å². The molecule has 2 atom stereocenters. The first-order chi connectivity index (χ1) is 4.61. The number of hydrogen-bond acceptors (Lipinski definition) is 3. The summed E-state index contributed by atoms with van der Waals surface area (Å²) in [5.41, 5.74) is 5.07. The van der Waals surface area contributed by atoms with E-state index in [2.05, 4.69) is 4.99 Å². The fourth-order valence-corrected chi connectivity index (χ4v) is 1.31. The van der Waals surface area contributed by atoms with E-state index in [0.29, 0.717) is 11.6 Å². The highest BCUT2D eigenvalue weighted by atomic mass is 35.5. The maximum atomic E-state index is 7.27. The first-order valence-electron chi connectivity index (χ1n) is 2.81. The molecule has 0 amide bonds. The van der Waals surface area contributed by atoms with Crippen LogP contribution in [0.5, 0.6) is 0 Å². The standard InChI is InChI=1S/C5H7Cl2N3/c6-3-1-2(8)4(9)5(7)10-3/h2,5,9H,1,8H2. The van der Waals surface area contributed by atoms with Crippen molar-refractivity contribution < 1.29 is 0 Å². The van der Waals surface area contributed by atoms with Crippen molar-refractivity contribution in [3.8, 4) is 0 Å². The molecule has 0 aliphatic carbocycles. The molecule has 1 aliphatic rings. The first-order valence-corrected chi connectivity index (χ1v) is 3.63. The molecule has 2 unspecified atom stereocenters. The van der Waals surface area contributed by atoms with E-state index < -0.39 is 5.50 Å². The molecule has 3 nitrogen and oxygen atoms in total. The van der Waals surface area contributed by atoms with Crippen LogP contribution in [0.1, 0.15) is 6.42 Å². The van der Waals surface area contributed by atoms with Gasteiger partial charge in [-0.1, -0.05) is 23.2 Å². The summed E-state index contributed by atoms with van der Waals surface area (Å²) < 4.78 is 0. The van der Waals surface area contributed by atoms with Gasteiger partial charge in [0.2, 0.25) is 0 Å². The van der Waals surface area contributed by atoms with Gasteiger partial charge in [-0.25, -0.2) is 0 Å². The highest BCUT2D eigenvalue weighted by Crippen LogP contribution is 2.14. The molecule has 1 rings (SSSR count). The van der Waals surface area contributed by atoms with Gasteiger partial charge >= 0.3 is 0 Å². The third kappa shape index (κ3) is 1.48. The zero-order valence-electron chi connectivity index (χ0n) is 5.14. The van der Waals surface area contributed by atoms with Gasteiger partial charge in [0, 0.05) is 6.42 Å². The molecule has 0 spiro atoms. The van der Waals surface area contributed by atoms with Crippen molar-refractivity contribution in [2.45, 2.75) is 18.0 Å². The number of hydrogen-bond donors (Lipinski definition) is 2. The Morgan fingerprint density at radius 2 is 2.30 bits per heavy atom. The summed E-state index contributed by atoms with van der Waals surface area (Å²) in [7, 11) is 0. The lowest BCUT2D eigenvalue weighted by atomic mass is 10.1. The van der Waals surface area contributed by atoms with Crippen LogP contribution in [0, 0.1) is 5.41 Å². The molecule has 0 aromatic heterocycles. The predicted octanol–water partition coefficient (Wildman–Crippen LogP) is 0.939. The van der Waals surface area contributed by atoms with Crippen molar-refractivity contribution in [1.29, 1.82) is 5.41 Å². The molecular formula is C5H7Cl2N3. The SMILES string of the molecule is N=C1C(N)CC(Cl)=NC1Cl. The Labute approximate surface area is 68.7 Å². The predicted molar refractivity (Wildman–Crippen MR) is 43.2 cm³/mol. The van der Waals surface area contributed by atoms with E-state index in [1.807, 2.05) is 0 Å². The fraction of sp³-hybridized carbons (Fsp3) is 0.600. The summed E-state index contributed by atoms with van der Waals surface area (Å²) in [5.74, 6) is 0. The molecule has 56 valence electrons. The number of aliphatic imine (C=N–C) groups is 1. The second-order valence-corrected chi connectivity index (χ2v) is 2.96. The van der Waals surface area contributed by atoms with Crippen molar-refractivity contribution in [2.75, 3.05) is 0 Å². The molecule has 0 radical (unpaired) electrons. The normalized spacial score (nSPS) is 33.9. The number of alkyl halides is 1. The Morgan fingerprint density at radius 3 is 2.80 bits per heavy atom. The summed E-state index contributed by atoms with van der Waals surface area (Å²) in [6.07, 6.45) is 0.434. The Hall–Kier alpha value is -0.120. The maximum absolute atomic E-state index is 7.27. The summed E-state index contributed by atoms with van der Waals surface area (Å²) >= 11 is 11.1. The minimum Gasteiger partial charge on any atom is -0.323 e. The third-order valence-electron chi connectivity index (χ3n) is 1.30. The Kier molecular flexibility index (Phi) is 2.28. The lowest BCUT2D eigenvalue weighted by Gasteiger charge is -2.19. The second kappa shape index (κ2) is 2.86. The van der Waals surface area contributed by atoms with Crippen LogP contribution in [0.2, 0.25) is 0 Å². The van der Waals surface area contributed by atoms with E-state index >= 15 is 0 Å². The molecule has 0 saturated heterocycles. The van der Waals surface area contributed by atoms with Gasteiger partial charge < -0.3 is 11.1 Å². The summed E-state index contributed by atoms with van der Waals surface area (Å²) in [4.78, 5) is 3.76. The molecule has 0 aromatic carbocycles. The van der Waals surface area contributed by atoms with Crippen LogP contribution >= 0.6 is 23.2 Å². The molecule has 3 N–H and O–H groups in total. The first kappa shape index (κ1) is 7.98. The van der Waals surface area contributed by atoms with Gasteiger partial charge in [-0.3, -0.25) is 4.99 Å². The summed E-state index contributed by atoms with van der Waals surface area (Å²) in [6.45, 7) is 0. The zero-order chi connectivity index (χ0) is 7.72. The van der Waals surface area contributed by atoms with Crippen molar-refractivity contribution in [3.05, 3.63) is 0 Å². The van der Waals surface area contributed by atoms with Crippen molar-refractivity contribution >= 4 is 34.1 Å². The van der Waals surface area contributed by atoms with Crippen LogP contribution in [0.4, 0.5) is 0 Å². The number of halogens is 2. The van der Waals surface area contributed by atoms with E-state index in [0.717, 1.165) is 0 Å². The molecule has 10 heavy (non-hydrogen) atoms. The Bertz CT molecular complexity index is 189. The minimum absolute atomic E-state index is 0.242. The van der Waals surface area contributed by atoms with Crippen molar-refractivity contribution in [3.63, 3.8) is 0 Å². The van der Waals surface area contributed by atoms with Gasteiger partial charge in [0.15, 0.2) is 5.50 Å². The summed E-state index contributed by atoms with van der Waals surface area (Å²) in [5, 5.41) is 7.67. The molecule has 1 heterocycles. The quantitative estimate of drug-likeness (QED) is 0.422. The zero-order valence-corrected chi connectivity index (χ0v) is 6.65. The number of rotatable bonds is 0. The minimum atomic E-state index is -0.656. The fourth-order valence-electron chi connectivity index (χ4n) is 0.713. The molecule has 1 aliphatic heterocycles. The van der Waals surface area contributed by atoms with Crippen LogP contribution in [0.3, 0.4) is 0 Å². The highest BCUT2D eigenvalue weighted by Gasteiger charge is 2.23. The average Bonchev–Trinajstić information content (AvgIpc) is 1.82. The van der Waals surface area contributed by atoms with Gasteiger partial charge in [0.25, 0.3) is 0 Å². The highest BCUT2D eigenvalue weighted by molar-refractivity contribution is 6.66. The van der Waals surface area contributed by atoms with Gasteiger partial charge in [-0.2, -0.15) is 0 Å². The van der Waals surface area contributed by atoms with Gasteiger partial charge in [0.05, 0.1) is 11.8 Å². The number of nitrogens with one attached hydrogen (secondary N) is 1. The van der Waals surface area contributed by atoms with Gasteiger partial charge in [-0.15, -0.1) is 0 Å². The van der Waals surface area contributed by atoms with E-state index in [1.165, 1.54) is 0 Å². The summed E-state index contributed by atoms with van der Waals surface area (Å²) in [6, 6.07) is -0.354. The van der Waals surface area contributed by atoms with E-state index in [1.54, 1.807) is 0 Å². The molecule has 0 bridgehead atoms. The number of nitrogens with two attached hydrogens (primary N) is 1. The maximum Gasteiger partial charge on any atom is 0.163 e. The van der Waals surface area contributed by atoms with Crippen molar-refractivity contribution in [2.24, 2.45) is 10.7 Å². The Morgan fingerprint density at radius 1 is 1.70 bits per heavy atom. The largest absolute Gasteiger partial charge is 0.323 e. The third-order valence-corrected chi connectivity index (χ3v) is 1.88. The molecule has 0 fully saturated rings. The molecule has 5 heteroatoms. The monoisotopic (exact) mass is 179 g/mol. The van der Waals surface area contributed by atoms with Crippen LogP contribution in [-0.2, 0) is 0 Å². The topological polar surface area (TPSA) is 62.2 Å². The average molecular weight is 180 g/mol. The van der Waals surface area contributed by atoms with E-state index in [4.69, 9.17) is 34.3 Å². The second-order valence-electron chi connectivity index (χ2n) is 2.11. The van der Waals surface area contributed by atoms with Crippen LogP contribution in [0.15, 0.2) is 4.99 Å². The van der Waals surface area contributed by atoms with E-state index in [9.17, 15) is 0 Å². The van der Waals surface area contributed by atoms with Crippen molar-refractivity contribution in [1.82, 2.24) is 0 Å². The Balaban J connectivity index is 2.79. The number of nitrogens with zero attached hydrogens (tertiary/aromatic N) is 1. The van der Waals surface area contributed by atoms with Crippen LogP contribution < -0.4 is 5.73 Å². The lowest BCUT2D eigenvalue weighted by Crippen LogP contribution is -2.39.